The third-order valence-corrected chi connectivity index (χ3v) is 4.04. The van der Waals surface area contributed by atoms with Gasteiger partial charge in [0, 0.05) is 45.1 Å². The Morgan fingerprint density at radius 2 is 1.95 bits per heavy atom. The van der Waals surface area contributed by atoms with Gasteiger partial charge in [-0.15, -0.1) is 0 Å². The molecule has 0 aliphatic carbocycles. The number of urea groups is 1. The van der Waals surface area contributed by atoms with E-state index in [0.717, 1.165) is 49.5 Å². The second kappa shape index (κ2) is 6.80. The van der Waals surface area contributed by atoms with Crippen molar-refractivity contribution in [2.24, 2.45) is 0 Å². The summed E-state index contributed by atoms with van der Waals surface area (Å²) in [5.74, 6) is 0. The average molecular weight is 290 g/mol. The number of likely N-dealkylation sites (N-methyl/N-ethyl adjacent to an activating group) is 1. The molecule has 1 heterocycles. The Bertz CT molecular complexity index is 501. The van der Waals surface area contributed by atoms with Gasteiger partial charge < -0.3 is 20.0 Å². The SMILES string of the molecule is Cc1c(NC(=O)N2CCCN(C)CC2)cccc1N(C)C. The molecular weight excluding hydrogens is 264 g/mol. The van der Waals surface area contributed by atoms with Crippen molar-refractivity contribution >= 4 is 17.4 Å². The van der Waals surface area contributed by atoms with Crippen molar-refractivity contribution in [3.63, 3.8) is 0 Å². The molecule has 0 saturated carbocycles. The van der Waals surface area contributed by atoms with E-state index in [1.54, 1.807) is 0 Å². The Balaban J connectivity index is 2.07. The first kappa shape index (κ1) is 15.6. The Morgan fingerprint density at radius 3 is 2.67 bits per heavy atom. The van der Waals surface area contributed by atoms with Gasteiger partial charge in [-0.1, -0.05) is 6.07 Å². The van der Waals surface area contributed by atoms with Gasteiger partial charge >= 0.3 is 6.03 Å². The standard InChI is InChI=1S/C16H26N4O/c1-13-14(7-5-8-15(13)18(2)3)17-16(21)20-10-6-9-19(4)11-12-20/h5,7-8H,6,9-12H2,1-4H3,(H,17,21). The number of anilines is 2. The molecule has 0 spiro atoms. The molecule has 2 amide bonds. The Hall–Kier alpha value is -1.75. The van der Waals surface area contributed by atoms with Crippen LogP contribution in [0.15, 0.2) is 18.2 Å². The lowest BCUT2D eigenvalue weighted by molar-refractivity contribution is 0.213. The summed E-state index contributed by atoms with van der Waals surface area (Å²) in [6.07, 6.45) is 1.03. The van der Waals surface area contributed by atoms with E-state index in [0.29, 0.717) is 0 Å². The van der Waals surface area contributed by atoms with Crippen molar-refractivity contribution in [2.45, 2.75) is 13.3 Å². The van der Waals surface area contributed by atoms with Crippen LogP contribution in [0.5, 0.6) is 0 Å². The third kappa shape index (κ3) is 3.88. The van der Waals surface area contributed by atoms with Gasteiger partial charge in [0.15, 0.2) is 0 Å². The highest BCUT2D eigenvalue weighted by molar-refractivity contribution is 5.91. The van der Waals surface area contributed by atoms with Crippen molar-refractivity contribution in [3.05, 3.63) is 23.8 Å². The number of hydrogen-bond acceptors (Lipinski definition) is 3. The van der Waals surface area contributed by atoms with E-state index in [2.05, 4.69) is 28.2 Å². The average Bonchev–Trinajstić information content (AvgIpc) is 2.65. The minimum atomic E-state index is 0.00399. The molecule has 1 aliphatic heterocycles. The molecule has 1 aliphatic rings. The van der Waals surface area contributed by atoms with Crippen molar-refractivity contribution in [1.82, 2.24) is 9.80 Å². The number of nitrogens with zero attached hydrogens (tertiary/aromatic N) is 3. The van der Waals surface area contributed by atoms with Crippen LogP contribution in [0, 0.1) is 6.92 Å². The number of amides is 2. The van der Waals surface area contributed by atoms with Crippen LogP contribution in [-0.2, 0) is 0 Å². The molecule has 0 atom stereocenters. The maximum atomic E-state index is 12.4. The molecular formula is C16H26N4O. The summed E-state index contributed by atoms with van der Waals surface area (Å²) in [5, 5.41) is 3.06. The second-order valence-electron chi connectivity index (χ2n) is 5.92. The number of benzene rings is 1. The molecule has 5 heteroatoms. The fourth-order valence-electron chi connectivity index (χ4n) is 2.69. The molecule has 1 fully saturated rings. The molecule has 2 rings (SSSR count). The van der Waals surface area contributed by atoms with E-state index in [-0.39, 0.29) is 6.03 Å². The summed E-state index contributed by atoms with van der Waals surface area (Å²) >= 11 is 0. The van der Waals surface area contributed by atoms with Gasteiger partial charge in [-0.05, 0) is 44.6 Å². The van der Waals surface area contributed by atoms with Crippen LogP contribution in [0.25, 0.3) is 0 Å². The quantitative estimate of drug-likeness (QED) is 0.908. The van der Waals surface area contributed by atoms with Crippen LogP contribution in [0.4, 0.5) is 16.2 Å². The Labute approximate surface area is 127 Å². The van der Waals surface area contributed by atoms with Gasteiger partial charge in [0.1, 0.15) is 0 Å². The summed E-state index contributed by atoms with van der Waals surface area (Å²) < 4.78 is 0. The van der Waals surface area contributed by atoms with Crippen LogP contribution in [0.1, 0.15) is 12.0 Å². The highest BCUT2D eigenvalue weighted by Crippen LogP contribution is 2.25. The van der Waals surface area contributed by atoms with Gasteiger partial charge in [0.2, 0.25) is 0 Å². The minimum Gasteiger partial charge on any atom is -0.377 e. The molecule has 0 unspecified atom stereocenters. The lowest BCUT2D eigenvalue weighted by Crippen LogP contribution is -2.37. The first-order valence-corrected chi connectivity index (χ1v) is 7.50. The number of carbonyl (C=O) groups is 1. The van der Waals surface area contributed by atoms with Gasteiger partial charge in [0.25, 0.3) is 0 Å². The summed E-state index contributed by atoms with van der Waals surface area (Å²) in [6, 6.07) is 6.01. The smallest absolute Gasteiger partial charge is 0.321 e. The van der Waals surface area contributed by atoms with Crippen molar-refractivity contribution in [1.29, 1.82) is 0 Å². The normalized spacial score (nSPS) is 16.5. The highest BCUT2D eigenvalue weighted by Gasteiger charge is 2.18. The van der Waals surface area contributed by atoms with Crippen molar-refractivity contribution in [2.75, 3.05) is 57.5 Å². The topological polar surface area (TPSA) is 38.8 Å². The van der Waals surface area contributed by atoms with Gasteiger partial charge in [-0.3, -0.25) is 0 Å². The monoisotopic (exact) mass is 290 g/mol. The molecule has 1 aromatic rings. The number of carbonyl (C=O) groups excluding carboxylic acids is 1. The van der Waals surface area contributed by atoms with Gasteiger partial charge in [0.05, 0.1) is 0 Å². The largest absolute Gasteiger partial charge is 0.377 e. The lowest BCUT2D eigenvalue weighted by atomic mass is 10.1. The Morgan fingerprint density at radius 1 is 1.19 bits per heavy atom. The zero-order chi connectivity index (χ0) is 15.4. The summed E-state index contributed by atoms with van der Waals surface area (Å²) in [6.45, 7) is 5.64. The molecule has 0 aromatic heterocycles. The third-order valence-electron chi connectivity index (χ3n) is 4.04. The fourth-order valence-corrected chi connectivity index (χ4v) is 2.69. The molecule has 5 nitrogen and oxygen atoms in total. The predicted octanol–water partition coefficient (Wildman–Crippen LogP) is 2.23. The maximum Gasteiger partial charge on any atom is 0.321 e. The van der Waals surface area contributed by atoms with E-state index >= 15 is 0 Å². The van der Waals surface area contributed by atoms with Crippen molar-refractivity contribution < 1.29 is 4.79 Å². The van der Waals surface area contributed by atoms with E-state index in [1.165, 1.54) is 0 Å². The fraction of sp³-hybridized carbons (Fsp3) is 0.562. The van der Waals surface area contributed by atoms with Crippen LogP contribution in [0.2, 0.25) is 0 Å². The van der Waals surface area contributed by atoms with Crippen LogP contribution >= 0.6 is 0 Å². The molecule has 21 heavy (non-hydrogen) atoms. The Kier molecular flexibility index (Phi) is 5.07. The number of hydrogen-bond donors (Lipinski definition) is 1. The van der Waals surface area contributed by atoms with Crippen LogP contribution in [0.3, 0.4) is 0 Å². The molecule has 0 bridgehead atoms. The second-order valence-corrected chi connectivity index (χ2v) is 5.92. The van der Waals surface area contributed by atoms with E-state index in [4.69, 9.17) is 0 Å². The van der Waals surface area contributed by atoms with Crippen LogP contribution in [-0.4, -0.2) is 63.2 Å². The molecule has 0 radical (unpaired) electrons. The van der Waals surface area contributed by atoms with E-state index < -0.39 is 0 Å². The molecule has 1 N–H and O–H groups in total. The zero-order valence-corrected chi connectivity index (χ0v) is 13.5. The predicted molar refractivity (Wildman–Crippen MR) is 88.2 cm³/mol. The summed E-state index contributed by atoms with van der Waals surface area (Å²) in [5.41, 5.74) is 3.12. The molecule has 1 saturated heterocycles. The van der Waals surface area contributed by atoms with E-state index in [1.807, 2.05) is 38.1 Å². The molecule has 1 aromatic carbocycles. The summed E-state index contributed by atoms with van der Waals surface area (Å²) in [4.78, 5) is 18.7. The zero-order valence-electron chi connectivity index (χ0n) is 13.5. The highest BCUT2D eigenvalue weighted by atomic mass is 16.2. The number of rotatable bonds is 2. The van der Waals surface area contributed by atoms with Gasteiger partial charge in [-0.2, -0.15) is 0 Å². The van der Waals surface area contributed by atoms with Gasteiger partial charge in [-0.25, -0.2) is 4.79 Å². The minimum absolute atomic E-state index is 0.00399. The molecule has 116 valence electrons. The summed E-state index contributed by atoms with van der Waals surface area (Å²) in [7, 11) is 6.13. The first-order valence-electron chi connectivity index (χ1n) is 7.50. The van der Waals surface area contributed by atoms with Crippen molar-refractivity contribution in [3.8, 4) is 0 Å². The lowest BCUT2D eigenvalue weighted by Gasteiger charge is -2.23. The maximum absolute atomic E-state index is 12.4. The van der Waals surface area contributed by atoms with E-state index in [9.17, 15) is 4.79 Å². The van der Waals surface area contributed by atoms with Crippen LogP contribution < -0.4 is 10.2 Å². The number of nitrogens with one attached hydrogen (secondary N) is 1. The first-order chi connectivity index (χ1) is 9.99.